The molecule has 0 spiro atoms. The first-order chi connectivity index (χ1) is 6.65. The summed E-state index contributed by atoms with van der Waals surface area (Å²) in [5.41, 5.74) is 0.732. The van der Waals surface area contributed by atoms with Crippen LogP contribution in [0.3, 0.4) is 0 Å². The van der Waals surface area contributed by atoms with Crippen LogP contribution >= 0.6 is 0 Å². The van der Waals surface area contributed by atoms with Gasteiger partial charge in [0.05, 0.1) is 7.11 Å². The van der Waals surface area contributed by atoms with Gasteiger partial charge in [-0.1, -0.05) is 0 Å². The maximum absolute atomic E-state index is 11.2. The van der Waals surface area contributed by atoms with E-state index in [1.807, 2.05) is 0 Å². The number of H-pyrrole nitrogens is 1. The molecule has 1 N–H and O–H groups in total. The lowest BCUT2D eigenvalue weighted by Gasteiger charge is -1.99. The van der Waals surface area contributed by atoms with E-state index in [9.17, 15) is 9.59 Å². The minimum absolute atomic E-state index is 0.0370. The summed E-state index contributed by atoms with van der Waals surface area (Å²) < 4.78 is 4.48. The molecule has 1 heterocycles. The fourth-order valence-corrected chi connectivity index (χ4v) is 1.00. The first kappa shape index (κ1) is 10.2. The molecule has 74 valence electrons. The molecule has 0 atom stereocenters. The number of ether oxygens (including phenoxy) is 1. The van der Waals surface area contributed by atoms with Gasteiger partial charge >= 0.3 is 5.97 Å². The van der Waals surface area contributed by atoms with Gasteiger partial charge in [0.15, 0.2) is 5.78 Å². The molecular formula is C10H11NO3. The summed E-state index contributed by atoms with van der Waals surface area (Å²) in [7, 11) is 1.24. The Kier molecular flexibility index (Phi) is 3.23. The molecule has 1 aromatic heterocycles. The molecule has 0 aromatic carbocycles. The molecule has 0 saturated carbocycles. The first-order valence-corrected chi connectivity index (χ1v) is 4.09. The van der Waals surface area contributed by atoms with Crippen molar-refractivity contribution in [2.45, 2.75) is 6.92 Å². The summed E-state index contributed by atoms with van der Waals surface area (Å²) in [5.74, 6) is -0.932. The van der Waals surface area contributed by atoms with Gasteiger partial charge < -0.3 is 9.72 Å². The molecule has 0 amide bonds. The number of methoxy groups -OCH3 is 1. The Bertz CT molecular complexity index is 363. The average Bonchev–Trinajstić information content (AvgIpc) is 2.65. The van der Waals surface area contributed by atoms with Crippen LogP contribution in [0.1, 0.15) is 12.6 Å². The smallest absolute Gasteiger partial charge is 0.341 e. The Labute approximate surface area is 81.6 Å². The molecule has 0 fully saturated rings. The number of aromatic amines is 1. The summed E-state index contributed by atoms with van der Waals surface area (Å²) in [6.45, 7) is 1.33. The van der Waals surface area contributed by atoms with E-state index in [0.29, 0.717) is 5.69 Å². The Morgan fingerprint density at radius 2 is 2.21 bits per heavy atom. The fraction of sp³-hybridized carbons (Fsp3) is 0.200. The lowest BCUT2D eigenvalue weighted by molar-refractivity contribution is -0.137. The highest BCUT2D eigenvalue weighted by atomic mass is 16.5. The summed E-state index contributed by atoms with van der Waals surface area (Å²) in [6, 6.07) is 3.53. The van der Waals surface area contributed by atoms with Crippen molar-refractivity contribution in [1.29, 1.82) is 0 Å². The van der Waals surface area contributed by atoms with E-state index in [2.05, 4.69) is 9.72 Å². The highest BCUT2D eigenvalue weighted by Crippen LogP contribution is 2.06. The number of rotatable bonds is 3. The van der Waals surface area contributed by atoms with Crippen molar-refractivity contribution in [2.24, 2.45) is 0 Å². The largest absolute Gasteiger partial charge is 0.465 e. The van der Waals surface area contributed by atoms with Gasteiger partial charge in [0.1, 0.15) is 5.57 Å². The zero-order valence-electron chi connectivity index (χ0n) is 8.03. The van der Waals surface area contributed by atoms with Gasteiger partial charge in [0.25, 0.3) is 0 Å². The van der Waals surface area contributed by atoms with E-state index in [4.69, 9.17) is 0 Å². The van der Waals surface area contributed by atoms with Gasteiger partial charge in [0, 0.05) is 11.9 Å². The monoisotopic (exact) mass is 193 g/mol. The fourth-order valence-electron chi connectivity index (χ4n) is 1.00. The predicted octanol–water partition coefficient (Wildman–Crippen LogP) is 1.16. The molecule has 14 heavy (non-hydrogen) atoms. The van der Waals surface area contributed by atoms with Crippen molar-refractivity contribution in [3.05, 3.63) is 29.6 Å². The second-order valence-electron chi connectivity index (χ2n) is 2.73. The SMILES string of the molecule is COC(=O)/C(=C/c1ccc[nH]1)C(C)=O. The van der Waals surface area contributed by atoms with E-state index in [1.54, 1.807) is 18.3 Å². The number of carbonyl (C=O) groups excluding carboxylic acids is 2. The number of hydrogen-bond donors (Lipinski definition) is 1. The Hall–Kier alpha value is -1.84. The average molecular weight is 193 g/mol. The molecule has 4 heteroatoms. The van der Waals surface area contributed by atoms with Crippen LogP contribution in [-0.2, 0) is 14.3 Å². The maximum atomic E-state index is 11.2. The summed E-state index contributed by atoms with van der Waals surface area (Å²) in [6.07, 6.45) is 3.18. The molecular weight excluding hydrogens is 182 g/mol. The molecule has 4 nitrogen and oxygen atoms in total. The Balaban J connectivity index is 2.99. The van der Waals surface area contributed by atoms with Crippen molar-refractivity contribution in [2.75, 3.05) is 7.11 Å². The van der Waals surface area contributed by atoms with Crippen molar-refractivity contribution in [1.82, 2.24) is 4.98 Å². The first-order valence-electron chi connectivity index (χ1n) is 4.09. The van der Waals surface area contributed by atoms with Gasteiger partial charge in [-0.05, 0) is 25.1 Å². The number of esters is 1. The third kappa shape index (κ3) is 2.32. The van der Waals surface area contributed by atoms with Crippen LogP contribution < -0.4 is 0 Å². The number of nitrogens with one attached hydrogen (secondary N) is 1. The summed E-state index contributed by atoms with van der Waals surface area (Å²) in [5, 5.41) is 0. The Morgan fingerprint density at radius 3 is 2.64 bits per heavy atom. The van der Waals surface area contributed by atoms with Crippen LogP contribution in [0.15, 0.2) is 23.9 Å². The number of hydrogen-bond acceptors (Lipinski definition) is 3. The zero-order valence-corrected chi connectivity index (χ0v) is 8.03. The van der Waals surface area contributed by atoms with E-state index in [-0.39, 0.29) is 11.4 Å². The Morgan fingerprint density at radius 1 is 1.50 bits per heavy atom. The van der Waals surface area contributed by atoms with E-state index in [1.165, 1.54) is 20.1 Å². The minimum atomic E-state index is -0.618. The third-order valence-corrected chi connectivity index (χ3v) is 1.71. The summed E-state index contributed by atoms with van der Waals surface area (Å²) in [4.78, 5) is 25.1. The molecule has 0 aliphatic heterocycles. The van der Waals surface area contributed by atoms with Gasteiger partial charge in [-0.15, -0.1) is 0 Å². The van der Waals surface area contributed by atoms with E-state index in [0.717, 1.165) is 0 Å². The van der Waals surface area contributed by atoms with Gasteiger partial charge in [-0.25, -0.2) is 4.79 Å². The molecule has 1 rings (SSSR count). The van der Waals surface area contributed by atoms with Crippen LogP contribution in [-0.4, -0.2) is 23.8 Å². The lowest BCUT2D eigenvalue weighted by atomic mass is 10.1. The van der Waals surface area contributed by atoms with Gasteiger partial charge in [-0.2, -0.15) is 0 Å². The zero-order chi connectivity index (χ0) is 10.6. The van der Waals surface area contributed by atoms with Crippen molar-refractivity contribution < 1.29 is 14.3 Å². The van der Waals surface area contributed by atoms with Gasteiger partial charge in [-0.3, -0.25) is 4.79 Å². The second kappa shape index (κ2) is 4.41. The number of aromatic nitrogens is 1. The van der Waals surface area contributed by atoms with E-state index >= 15 is 0 Å². The molecule has 0 saturated heterocycles. The molecule has 0 unspecified atom stereocenters. The van der Waals surface area contributed by atoms with Crippen molar-refractivity contribution in [3.8, 4) is 0 Å². The number of carbonyl (C=O) groups is 2. The highest BCUT2D eigenvalue weighted by Gasteiger charge is 2.14. The lowest BCUT2D eigenvalue weighted by Crippen LogP contribution is -2.11. The molecule has 0 aliphatic rings. The summed E-state index contributed by atoms with van der Waals surface area (Å²) >= 11 is 0. The van der Waals surface area contributed by atoms with Crippen LogP contribution in [0, 0.1) is 0 Å². The quantitative estimate of drug-likeness (QED) is 0.339. The number of Topliss-reactive ketones (excluding diaryl/α,β-unsaturated/α-hetero) is 1. The minimum Gasteiger partial charge on any atom is -0.465 e. The van der Waals surface area contributed by atoms with Crippen molar-refractivity contribution >= 4 is 17.8 Å². The topological polar surface area (TPSA) is 59.2 Å². The number of ketones is 1. The third-order valence-electron chi connectivity index (χ3n) is 1.71. The standard InChI is InChI=1S/C10H11NO3/c1-7(12)9(10(13)14-2)6-8-4-3-5-11-8/h3-6,11H,1-2H3/b9-6+. The molecule has 0 bridgehead atoms. The van der Waals surface area contributed by atoms with Crippen LogP contribution in [0.2, 0.25) is 0 Å². The van der Waals surface area contributed by atoms with Crippen molar-refractivity contribution in [3.63, 3.8) is 0 Å². The second-order valence-corrected chi connectivity index (χ2v) is 2.73. The maximum Gasteiger partial charge on any atom is 0.341 e. The molecule has 0 radical (unpaired) electrons. The molecule has 1 aromatic rings. The van der Waals surface area contributed by atoms with Crippen LogP contribution in [0.25, 0.3) is 6.08 Å². The van der Waals surface area contributed by atoms with Gasteiger partial charge in [0.2, 0.25) is 0 Å². The molecule has 0 aliphatic carbocycles. The normalized spacial score (nSPS) is 11.1. The highest BCUT2D eigenvalue weighted by molar-refractivity contribution is 6.19. The predicted molar refractivity (Wildman–Crippen MR) is 51.5 cm³/mol. The van der Waals surface area contributed by atoms with Crippen LogP contribution in [0.5, 0.6) is 0 Å². The van der Waals surface area contributed by atoms with Crippen LogP contribution in [0.4, 0.5) is 0 Å². The van der Waals surface area contributed by atoms with E-state index < -0.39 is 5.97 Å².